The van der Waals surface area contributed by atoms with E-state index in [1.54, 1.807) is 6.20 Å². The topological polar surface area (TPSA) is 92.0 Å². The number of unbranched alkanes of at least 4 members (excludes halogenated alkanes) is 1. The van der Waals surface area contributed by atoms with E-state index >= 15 is 0 Å². The number of nitrogens with one attached hydrogen (secondary N) is 1. The number of nitrogens with two attached hydrogens (primary N) is 1. The second kappa shape index (κ2) is 5.50. The van der Waals surface area contributed by atoms with E-state index in [2.05, 4.69) is 16.9 Å². The highest BCUT2D eigenvalue weighted by atomic mass is 16.4. The Morgan fingerprint density at radius 1 is 1.73 bits per heavy atom. The molecule has 0 saturated carbocycles. The number of nitrogens with zero attached hydrogens (tertiary/aromatic N) is 1. The molecular weight excluding hydrogens is 194 g/mol. The normalized spacial score (nSPS) is 12.7. The summed E-state index contributed by atoms with van der Waals surface area (Å²) in [6.07, 6.45) is 5.06. The lowest BCUT2D eigenvalue weighted by atomic mass is 10.2. The smallest absolute Gasteiger partial charge is 0.320 e. The molecule has 0 saturated heterocycles. The van der Waals surface area contributed by atoms with Crippen LogP contribution in [0.15, 0.2) is 6.20 Å². The Bertz CT molecular complexity index is 322. The number of carboxylic acid groups (broad SMARTS) is 1. The van der Waals surface area contributed by atoms with Gasteiger partial charge in [-0.25, -0.2) is 4.98 Å². The van der Waals surface area contributed by atoms with Crippen LogP contribution in [0.1, 0.15) is 31.3 Å². The van der Waals surface area contributed by atoms with Crippen LogP contribution in [-0.2, 0) is 17.6 Å². The molecule has 0 spiro atoms. The fraction of sp³-hybridized carbons (Fsp3) is 0.600. The summed E-state index contributed by atoms with van der Waals surface area (Å²) in [6, 6.07) is -0.857. The fourth-order valence-corrected chi connectivity index (χ4v) is 1.30. The largest absolute Gasteiger partial charge is 0.480 e. The first-order valence-electron chi connectivity index (χ1n) is 5.14. The Morgan fingerprint density at radius 2 is 2.47 bits per heavy atom. The van der Waals surface area contributed by atoms with Crippen LogP contribution in [0.4, 0.5) is 0 Å². The van der Waals surface area contributed by atoms with Crippen molar-refractivity contribution in [2.45, 2.75) is 38.6 Å². The predicted octanol–water partition coefficient (Wildman–Crippen LogP) is 0.707. The Hall–Kier alpha value is -1.36. The molecule has 1 atom stereocenters. The molecule has 0 radical (unpaired) electrons. The Labute approximate surface area is 88.7 Å². The molecule has 5 nitrogen and oxygen atoms in total. The summed E-state index contributed by atoms with van der Waals surface area (Å²) in [6.45, 7) is 2.12. The number of imidazole rings is 1. The van der Waals surface area contributed by atoms with Gasteiger partial charge < -0.3 is 15.8 Å². The van der Waals surface area contributed by atoms with Crippen LogP contribution in [0, 0.1) is 0 Å². The fourth-order valence-electron chi connectivity index (χ4n) is 1.30. The molecule has 1 aromatic heterocycles. The number of carboxylic acids is 1. The summed E-state index contributed by atoms with van der Waals surface area (Å²) >= 11 is 0. The zero-order chi connectivity index (χ0) is 11.3. The van der Waals surface area contributed by atoms with Crippen molar-refractivity contribution >= 4 is 5.97 Å². The zero-order valence-electron chi connectivity index (χ0n) is 8.86. The van der Waals surface area contributed by atoms with Gasteiger partial charge in [-0.05, 0) is 6.42 Å². The third-order valence-electron chi connectivity index (χ3n) is 2.21. The lowest BCUT2D eigenvalue weighted by molar-refractivity contribution is -0.138. The van der Waals surface area contributed by atoms with E-state index in [9.17, 15) is 4.79 Å². The van der Waals surface area contributed by atoms with E-state index in [4.69, 9.17) is 10.8 Å². The molecule has 15 heavy (non-hydrogen) atoms. The van der Waals surface area contributed by atoms with E-state index in [1.807, 2.05) is 0 Å². The molecule has 0 unspecified atom stereocenters. The van der Waals surface area contributed by atoms with Gasteiger partial charge in [0, 0.05) is 24.7 Å². The van der Waals surface area contributed by atoms with Crippen LogP contribution in [0.25, 0.3) is 0 Å². The van der Waals surface area contributed by atoms with E-state index in [1.165, 1.54) is 0 Å². The maximum Gasteiger partial charge on any atom is 0.320 e. The van der Waals surface area contributed by atoms with E-state index in [0.717, 1.165) is 30.8 Å². The number of H-pyrrole nitrogens is 1. The first-order chi connectivity index (χ1) is 7.13. The van der Waals surface area contributed by atoms with Crippen LogP contribution in [-0.4, -0.2) is 27.1 Å². The molecule has 1 rings (SSSR count). The molecule has 0 aliphatic rings. The van der Waals surface area contributed by atoms with Gasteiger partial charge >= 0.3 is 5.97 Å². The van der Waals surface area contributed by atoms with Crippen LogP contribution in [0.3, 0.4) is 0 Å². The van der Waals surface area contributed by atoms with Gasteiger partial charge in [-0.2, -0.15) is 0 Å². The molecule has 0 aliphatic carbocycles. The van der Waals surface area contributed by atoms with Gasteiger partial charge in [-0.3, -0.25) is 4.79 Å². The number of rotatable bonds is 6. The van der Waals surface area contributed by atoms with Gasteiger partial charge in [0.2, 0.25) is 0 Å². The van der Waals surface area contributed by atoms with Crippen molar-refractivity contribution in [3.63, 3.8) is 0 Å². The first-order valence-corrected chi connectivity index (χ1v) is 5.14. The third kappa shape index (κ3) is 3.71. The number of carbonyl (C=O) groups is 1. The molecule has 0 amide bonds. The minimum atomic E-state index is -0.986. The summed E-state index contributed by atoms with van der Waals surface area (Å²) < 4.78 is 0. The number of hydrogen-bond acceptors (Lipinski definition) is 3. The van der Waals surface area contributed by atoms with Crippen molar-refractivity contribution in [2.75, 3.05) is 0 Å². The molecule has 5 heteroatoms. The lowest BCUT2D eigenvalue weighted by Gasteiger charge is -2.02. The quantitative estimate of drug-likeness (QED) is 0.646. The van der Waals surface area contributed by atoms with Gasteiger partial charge in [0.05, 0.1) is 0 Å². The van der Waals surface area contributed by atoms with Gasteiger partial charge in [0.1, 0.15) is 11.9 Å². The van der Waals surface area contributed by atoms with Crippen molar-refractivity contribution in [2.24, 2.45) is 5.73 Å². The highest BCUT2D eigenvalue weighted by Crippen LogP contribution is 2.04. The SMILES string of the molecule is CCCCc1ncc(C[C@H](N)C(=O)O)[nH]1. The monoisotopic (exact) mass is 211 g/mol. The highest BCUT2D eigenvalue weighted by molar-refractivity contribution is 5.73. The van der Waals surface area contributed by atoms with Crippen molar-refractivity contribution in [1.82, 2.24) is 9.97 Å². The van der Waals surface area contributed by atoms with Crippen LogP contribution < -0.4 is 5.73 Å². The average molecular weight is 211 g/mol. The van der Waals surface area contributed by atoms with E-state index < -0.39 is 12.0 Å². The Kier molecular flexibility index (Phi) is 4.30. The molecule has 0 aliphatic heterocycles. The van der Waals surface area contributed by atoms with Crippen molar-refractivity contribution in [3.05, 3.63) is 17.7 Å². The highest BCUT2D eigenvalue weighted by Gasteiger charge is 2.13. The van der Waals surface area contributed by atoms with Gasteiger partial charge in [-0.15, -0.1) is 0 Å². The zero-order valence-corrected chi connectivity index (χ0v) is 8.86. The number of aromatic nitrogens is 2. The summed E-state index contributed by atoms with van der Waals surface area (Å²) in [5, 5.41) is 8.63. The maximum atomic E-state index is 10.5. The van der Waals surface area contributed by atoms with Gasteiger partial charge in [0.15, 0.2) is 0 Å². The molecule has 0 bridgehead atoms. The molecule has 0 fully saturated rings. The average Bonchev–Trinajstić information content (AvgIpc) is 2.62. The first kappa shape index (κ1) is 11.7. The number of hydrogen-bond donors (Lipinski definition) is 3. The lowest BCUT2D eigenvalue weighted by Crippen LogP contribution is -2.32. The van der Waals surface area contributed by atoms with E-state index in [0.29, 0.717) is 6.42 Å². The minimum absolute atomic E-state index is 0.300. The molecule has 0 aromatic carbocycles. The molecular formula is C10H17N3O2. The maximum absolute atomic E-state index is 10.5. The minimum Gasteiger partial charge on any atom is -0.480 e. The van der Waals surface area contributed by atoms with Crippen molar-refractivity contribution in [1.29, 1.82) is 0 Å². The summed E-state index contributed by atoms with van der Waals surface area (Å²) in [5.74, 6) is -0.0795. The molecule has 1 heterocycles. The Morgan fingerprint density at radius 3 is 3.07 bits per heavy atom. The second-order valence-corrected chi connectivity index (χ2v) is 3.61. The summed E-state index contributed by atoms with van der Waals surface area (Å²) in [4.78, 5) is 17.8. The third-order valence-corrected chi connectivity index (χ3v) is 2.21. The Balaban J connectivity index is 2.49. The standard InChI is InChI=1S/C10H17N3O2/c1-2-3-4-9-12-6-7(13-9)5-8(11)10(14)15/h6,8H,2-5,11H2,1H3,(H,12,13)(H,14,15)/t8-/m0/s1. The van der Waals surface area contributed by atoms with Crippen molar-refractivity contribution < 1.29 is 9.90 Å². The van der Waals surface area contributed by atoms with E-state index in [-0.39, 0.29) is 0 Å². The molecule has 4 N–H and O–H groups in total. The van der Waals surface area contributed by atoms with Crippen LogP contribution in [0.2, 0.25) is 0 Å². The van der Waals surface area contributed by atoms with Gasteiger partial charge in [0.25, 0.3) is 0 Å². The summed E-state index contributed by atoms with van der Waals surface area (Å²) in [7, 11) is 0. The molecule has 84 valence electrons. The number of aromatic amines is 1. The summed E-state index contributed by atoms with van der Waals surface area (Å²) in [5.41, 5.74) is 6.20. The van der Waals surface area contributed by atoms with Crippen molar-refractivity contribution in [3.8, 4) is 0 Å². The van der Waals surface area contributed by atoms with Crippen LogP contribution in [0.5, 0.6) is 0 Å². The number of aliphatic carboxylic acids is 1. The molecule has 1 aromatic rings. The number of aryl methyl sites for hydroxylation is 1. The second-order valence-electron chi connectivity index (χ2n) is 3.61. The predicted molar refractivity (Wildman–Crippen MR) is 56.5 cm³/mol. The van der Waals surface area contributed by atoms with Gasteiger partial charge in [-0.1, -0.05) is 13.3 Å². The van der Waals surface area contributed by atoms with Crippen LogP contribution >= 0.6 is 0 Å².